The molecule has 150 valence electrons. The van der Waals surface area contributed by atoms with E-state index in [0.717, 1.165) is 18.8 Å². The first kappa shape index (κ1) is 20.2. The summed E-state index contributed by atoms with van der Waals surface area (Å²) in [5.41, 5.74) is 3.14. The summed E-state index contributed by atoms with van der Waals surface area (Å²) >= 11 is 0. The van der Waals surface area contributed by atoms with Gasteiger partial charge in [0, 0.05) is 25.4 Å². The molecule has 0 unspecified atom stereocenters. The van der Waals surface area contributed by atoms with E-state index in [-0.39, 0.29) is 5.91 Å². The molecule has 0 saturated carbocycles. The minimum Gasteiger partial charge on any atom is -0.497 e. The molecule has 6 nitrogen and oxygen atoms in total. The highest BCUT2D eigenvalue weighted by molar-refractivity contribution is 6.05. The van der Waals surface area contributed by atoms with Gasteiger partial charge in [-0.25, -0.2) is 0 Å². The average Bonchev–Trinajstić information content (AvgIpc) is 2.78. The zero-order valence-corrected chi connectivity index (χ0v) is 16.9. The van der Waals surface area contributed by atoms with Crippen molar-refractivity contribution in [1.29, 1.82) is 0 Å². The zero-order valence-electron chi connectivity index (χ0n) is 16.9. The van der Waals surface area contributed by atoms with Gasteiger partial charge >= 0.3 is 0 Å². The number of carbonyl (C=O) groups is 1. The number of nitrogens with one attached hydrogen (secondary N) is 1. The summed E-state index contributed by atoms with van der Waals surface area (Å²) in [6.45, 7) is 3.63. The second kappa shape index (κ2) is 9.59. The van der Waals surface area contributed by atoms with Crippen molar-refractivity contribution in [2.24, 2.45) is 0 Å². The molecule has 0 aliphatic heterocycles. The standard InChI is InChI=1S/C23H25N3O3/c1-4-26(16-17-8-6-5-7-9-17)19-12-18(14-24-15-19)23(27)25-21-11-10-20(28-2)13-22(21)29-3/h5-15H,4,16H2,1-3H3,(H,25,27). The predicted octanol–water partition coefficient (Wildman–Crippen LogP) is 4.38. The molecule has 3 rings (SSSR count). The number of hydrogen-bond donors (Lipinski definition) is 1. The lowest BCUT2D eigenvalue weighted by molar-refractivity contribution is 0.102. The van der Waals surface area contributed by atoms with Crippen LogP contribution in [-0.4, -0.2) is 31.7 Å². The highest BCUT2D eigenvalue weighted by Crippen LogP contribution is 2.29. The Bertz CT molecular complexity index is 961. The number of anilines is 2. The molecule has 1 heterocycles. The average molecular weight is 391 g/mol. The fourth-order valence-electron chi connectivity index (χ4n) is 3.01. The third-order valence-electron chi connectivity index (χ3n) is 4.61. The van der Waals surface area contributed by atoms with E-state index in [1.807, 2.05) is 24.3 Å². The van der Waals surface area contributed by atoms with Crippen LogP contribution < -0.4 is 19.7 Å². The maximum absolute atomic E-state index is 12.8. The summed E-state index contributed by atoms with van der Waals surface area (Å²) in [6, 6.07) is 17.3. The summed E-state index contributed by atoms with van der Waals surface area (Å²) in [5.74, 6) is 0.933. The van der Waals surface area contributed by atoms with Crippen LogP contribution in [0.3, 0.4) is 0 Å². The Labute approximate surface area is 171 Å². The maximum atomic E-state index is 12.8. The summed E-state index contributed by atoms with van der Waals surface area (Å²) in [7, 11) is 3.13. The van der Waals surface area contributed by atoms with Crippen LogP contribution >= 0.6 is 0 Å². The van der Waals surface area contributed by atoms with Crippen LogP contribution in [0.2, 0.25) is 0 Å². The molecular weight excluding hydrogens is 366 g/mol. The smallest absolute Gasteiger partial charge is 0.257 e. The molecule has 6 heteroatoms. The molecule has 1 amide bonds. The van der Waals surface area contributed by atoms with Gasteiger partial charge in [-0.15, -0.1) is 0 Å². The fraction of sp³-hybridized carbons (Fsp3) is 0.217. The van der Waals surface area contributed by atoms with Crippen LogP contribution in [-0.2, 0) is 6.54 Å². The van der Waals surface area contributed by atoms with E-state index in [2.05, 4.69) is 34.3 Å². The first-order chi connectivity index (χ1) is 14.1. The van der Waals surface area contributed by atoms with Gasteiger partial charge in [0.1, 0.15) is 11.5 Å². The Balaban J connectivity index is 1.78. The number of carbonyl (C=O) groups excluding carboxylic acids is 1. The van der Waals surface area contributed by atoms with Gasteiger partial charge in [0.25, 0.3) is 5.91 Å². The SMILES string of the molecule is CCN(Cc1ccccc1)c1cncc(C(=O)Nc2ccc(OC)cc2OC)c1. The second-order valence-corrected chi connectivity index (χ2v) is 6.45. The van der Waals surface area contributed by atoms with Crippen molar-refractivity contribution in [2.75, 3.05) is 31.0 Å². The molecule has 2 aromatic carbocycles. The van der Waals surface area contributed by atoms with Crippen LogP contribution in [0.15, 0.2) is 67.0 Å². The lowest BCUT2D eigenvalue weighted by Gasteiger charge is -2.23. The summed E-state index contributed by atoms with van der Waals surface area (Å²) in [4.78, 5) is 19.2. The van der Waals surface area contributed by atoms with E-state index in [1.165, 1.54) is 5.56 Å². The molecule has 0 bridgehead atoms. The van der Waals surface area contributed by atoms with Crippen molar-refractivity contribution in [1.82, 2.24) is 4.98 Å². The van der Waals surface area contributed by atoms with Gasteiger partial charge in [0.05, 0.1) is 37.4 Å². The van der Waals surface area contributed by atoms with Crippen LogP contribution in [0.5, 0.6) is 11.5 Å². The van der Waals surface area contributed by atoms with Crippen molar-refractivity contribution >= 4 is 17.3 Å². The van der Waals surface area contributed by atoms with E-state index in [1.54, 1.807) is 44.8 Å². The number of benzene rings is 2. The Kier molecular flexibility index (Phi) is 6.68. The number of amides is 1. The Morgan fingerprint density at radius 1 is 1.03 bits per heavy atom. The minimum atomic E-state index is -0.251. The fourth-order valence-corrected chi connectivity index (χ4v) is 3.01. The molecule has 29 heavy (non-hydrogen) atoms. The summed E-state index contributed by atoms with van der Waals surface area (Å²) < 4.78 is 10.5. The van der Waals surface area contributed by atoms with Crippen molar-refractivity contribution < 1.29 is 14.3 Å². The van der Waals surface area contributed by atoms with E-state index in [4.69, 9.17) is 9.47 Å². The van der Waals surface area contributed by atoms with Gasteiger partial charge in [-0.1, -0.05) is 30.3 Å². The van der Waals surface area contributed by atoms with Crippen LogP contribution in [0, 0.1) is 0 Å². The molecule has 0 radical (unpaired) electrons. The topological polar surface area (TPSA) is 63.7 Å². The van der Waals surface area contributed by atoms with E-state index in [0.29, 0.717) is 22.7 Å². The maximum Gasteiger partial charge on any atom is 0.257 e. The van der Waals surface area contributed by atoms with E-state index in [9.17, 15) is 4.79 Å². The Morgan fingerprint density at radius 3 is 2.52 bits per heavy atom. The van der Waals surface area contributed by atoms with Crippen molar-refractivity contribution in [3.05, 3.63) is 78.1 Å². The van der Waals surface area contributed by atoms with Crippen LogP contribution in [0.1, 0.15) is 22.8 Å². The zero-order chi connectivity index (χ0) is 20.6. The Hall–Kier alpha value is -3.54. The molecule has 1 N–H and O–H groups in total. The van der Waals surface area contributed by atoms with Gasteiger partial charge in [0.2, 0.25) is 0 Å². The third-order valence-corrected chi connectivity index (χ3v) is 4.61. The molecule has 1 aromatic heterocycles. The minimum absolute atomic E-state index is 0.251. The molecule has 0 atom stereocenters. The molecule has 0 aliphatic carbocycles. The number of hydrogen-bond acceptors (Lipinski definition) is 5. The number of nitrogens with zero attached hydrogens (tertiary/aromatic N) is 2. The normalized spacial score (nSPS) is 10.3. The number of rotatable bonds is 8. The van der Waals surface area contributed by atoms with Crippen molar-refractivity contribution in [2.45, 2.75) is 13.5 Å². The van der Waals surface area contributed by atoms with Gasteiger partial charge < -0.3 is 19.7 Å². The molecule has 0 aliphatic rings. The highest BCUT2D eigenvalue weighted by Gasteiger charge is 2.14. The van der Waals surface area contributed by atoms with Gasteiger partial charge in [-0.3, -0.25) is 9.78 Å². The largest absolute Gasteiger partial charge is 0.497 e. The molecular formula is C23H25N3O3. The molecule has 0 saturated heterocycles. The lowest BCUT2D eigenvalue weighted by Crippen LogP contribution is -2.23. The van der Waals surface area contributed by atoms with Crippen LogP contribution in [0.4, 0.5) is 11.4 Å². The monoisotopic (exact) mass is 391 g/mol. The number of methoxy groups -OCH3 is 2. The number of ether oxygens (including phenoxy) is 2. The molecule has 3 aromatic rings. The lowest BCUT2D eigenvalue weighted by atomic mass is 10.2. The van der Waals surface area contributed by atoms with Crippen molar-refractivity contribution in [3.8, 4) is 11.5 Å². The molecule has 0 fully saturated rings. The second-order valence-electron chi connectivity index (χ2n) is 6.45. The number of aromatic nitrogens is 1. The quantitative estimate of drug-likeness (QED) is 0.617. The Morgan fingerprint density at radius 2 is 1.83 bits per heavy atom. The predicted molar refractivity (Wildman–Crippen MR) is 115 cm³/mol. The summed E-state index contributed by atoms with van der Waals surface area (Å²) in [6.07, 6.45) is 3.34. The van der Waals surface area contributed by atoms with Crippen LogP contribution in [0.25, 0.3) is 0 Å². The van der Waals surface area contributed by atoms with Gasteiger partial charge in [0.15, 0.2) is 0 Å². The van der Waals surface area contributed by atoms with Gasteiger partial charge in [-0.05, 0) is 30.7 Å². The first-order valence-electron chi connectivity index (χ1n) is 9.42. The number of pyridine rings is 1. The highest BCUT2D eigenvalue weighted by atomic mass is 16.5. The third kappa shape index (κ3) is 5.04. The van der Waals surface area contributed by atoms with E-state index >= 15 is 0 Å². The van der Waals surface area contributed by atoms with E-state index < -0.39 is 0 Å². The molecule has 0 spiro atoms. The summed E-state index contributed by atoms with van der Waals surface area (Å²) in [5, 5.41) is 2.88. The first-order valence-corrected chi connectivity index (χ1v) is 9.42. The van der Waals surface area contributed by atoms with Crippen molar-refractivity contribution in [3.63, 3.8) is 0 Å². The van der Waals surface area contributed by atoms with Gasteiger partial charge in [-0.2, -0.15) is 0 Å².